The highest BCUT2D eigenvalue weighted by molar-refractivity contribution is 8.00. The summed E-state index contributed by atoms with van der Waals surface area (Å²) < 4.78 is 6.69. The smallest absolute Gasteiger partial charge is 0.319 e. The lowest BCUT2D eigenvalue weighted by atomic mass is 10.2. The van der Waals surface area contributed by atoms with Crippen LogP contribution >= 0.6 is 11.8 Å². The summed E-state index contributed by atoms with van der Waals surface area (Å²) in [7, 11) is 0. The van der Waals surface area contributed by atoms with Crippen LogP contribution < -0.4 is 5.56 Å². The average molecular weight is 318 g/mol. The Bertz CT molecular complexity index is 770. The second-order valence-electron chi connectivity index (χ2n) is 5.78. The summed E-state index contributed by atoms with van der Waals surface area (Å²) >= 11 is 1.33. The van der Waals surface area contributed by atoms with Crippen molar-refractivity contribution >= 4 is 28.6 Å². The molecule has 0 radical (unpaired) electrons. The van der Waals surface area contributed by atoms with Crippen molar-refractivity contribution < 1.29 is 9.53 Å². The fourth-order valence-corrected chi connectivity index (χ4v) is 3.54. The van der Waals surface area contributed by atoms with Crippen LogP contribution in [0.25, 0.3) is 10.9 Å². The minimum Gasteiger partial charge on any atom is -0.465 e. The van der Waals surface area contributed by atoms with Crippen molar-refractivity contribution in [3.8, 4) is 0 Å². The molecule has 0 aliphatic carbocycles. The van der Waals surface area contributed by atoms with Gasteiger partial charge in [-0.05, 0) is 18.1 Å². The number of hydrogen-bond donors (Lipinski definition) is 0. The number of hydrogen-bond acceptors (Lipinski definition) is 5. The van der Waals surface area contributed by atoms with Crippen LogP contribution in [0.4, 0.5) is 0 Å². The molecule has 1 aromatic carbocycles. The van der Waals surface area contributed by atoms with E-state index >= 15 is 0 Å². The number of esters is 1. The number of benzene rings is 1. The molecule has 1 aromatic heterocycles. The summed E-state index contributed by atoms with van der Waals surface area (Å²) in [4.78, 5) is 29.0. The number of rotatable bonds is 4. The van der Waals surface area contributed by atoms with Gasteiger partial charge in [-0.2, -0.15) is 0 Å². The molecule has 0 bridgehead atoms. The minimum absolute atomic E-state index is 0.0480. The van der Waals surface area contributed by atoms with Gasteiger partial charge in [-0.3, -0.25) is 14.2 Å². The number of fused-ring (bicyclic) bond motifs is 1. The quantitative estimate of drug-likeness (QED) is 0.640. The molecule has 0 spiro atoms. The number of cyclic esters (lactones) is 1. The number of thioether (sulfide) groups is 1. The molecule has 22 heavy (non-hydrogen) atoms. The molecule has 1 fully saturated rings. The first-order valence-electron chi connectivity index (χ1n) is 7.39. The van der Waals surface area contributed by atoms with E-state index in [0.717, 1.165) is 0 Å². The van der Waals surface area contributed by atoms with E-state index in [4.69, 9.17) is 4.74 Å². The molecule has 0 unspecified atom stereocenters. The van der Waals surface area contributed by atoms with E-state index in [-0.39, 0.29) is 16.8 Å². The predicted octanol–water partition coefficient (Wildman–Crippen LogP) is 2.46. The lowest BCUT2D eigenvalue weighted by molar-refractivity contribution is -0.137. The van der Waals surface area contributed by atoms with Crippen molar-refractivity contribution in [3.05, 3.63) is 34.6 Å². The van der Waals surface area contributed by atoms with Gasteiger partial charge in [-0.25, -0.2) is 4.98 Å². The summed E-state index contributed by atoms with van der Waals surface area (Å²) in [5.41, 5.74) is 0.620. The highest BCUT2D eigenvalue weighted by Crippen LogP contribution is 2.29. The van der Waals surface area contributed by atoms with Crippen LogP contribution in [0.15, 0.2) is 34.2 Å². The molecular formula is C16H18N2O3S. The minimum atomic E-state index is -0.272. The fourth-order valence-electron chi connectivity index (χ4n) is 2.48. The summed E-state index contributed by atoms with van der Waals surface area (Å²) in [6.07, 6.45) is 0.661. The van der Waals surface area contributed by atoms with Crippen molar-refractivity contribution in [1.29, 1.82) is 0 Å². The van der Waals surface area contributed by atoms with Gasteiger partial charge in [0.2, 0.25) is 0 Å². The molecular weight excluding hydrogens is 300 g/mol. The standard InChI is InChI=1S/C16H18N2O3S/c1-10(2)9-18-14(19)11-5-3-4-6-12(11)17-16(18)22-13-7-8-21-15(13)20/h3-6,10,13H,7-9H2,1-2H3/t13-/m1/s1. The van der Waals surface area contributed by atoms with Crippen LogP contribution in [0.5, 0.6) is 0 Å². The highest BCUT2D eigenvalue weighted by Gasteiger charge is 2.29. The number of ether oxygens (including phenoxy) is 1. The summed E-state index contributed by atoms with van der Waals surface area (Å²) in [6, 6.07) is 7.32. The second kappa shape index (κ2) is 6.12. The van der Waals surface area contributed by atoms with Gasteiger partial charge in [0.05, 0.1) is 17.5 Å². The third-order valence-electron chi connectivity index (χ3n) is 3.51. The number of para-hydroxylation sites is 1. The third kappa shape index (κ3) is 2.88. The van der Waals surface area contributed by atoms with E-state index in [0.29, 0.717) is 41.5 Å². The molecule has 1 aliphatic rings. The Morgan fingerprint density at radius 2 is 2.14 bits per heavy atom. The SMILES string of the molecule is CC(C)Cn1c(S[C@@H]2CCOC2=O)nc2ccccc2c1=O. The van der Waals surface area contributed by atoms with E-state index in [9.17, 15) is 9.59 Å². The van der Waals surface area contributed by atoms with Crippen LogP contribution in [0.3, 0.4) is 0 Å². The van der Waals surface area contributed by atoms with Crippen LogP contribution in [-0.4, -0.2) is 27.4 Å². The van der Waals surface area contributed by atoms with Crippen molar-refractivity contribution in [3.63, 3.8) is 0 Å². The maximum Gasteiger partial charge on any atom is 0.319 e. The fraction of sp³-hybridized carbons (Fsp3) is 0.438. The van der Waals surface area contributed by atoms with E-state index in [1.54, 1.807) is 10.6 Å². The zero-order valence-corrected chi connectivity index (χ0v) is 13.4. The van der Waals surface area contributed by atoms with Gasteiger partial charge < -0.3 is 4.74 Å². The second-order valence-corrected chi connectivity index (χ2v) is 6.95. The normalized spacial score (nSPS) is 18.1. The van der Waals surface area contributed by atoms with Gasteiger partial charge in [0.15, 0.2) is 5.16 Å². The molecule has 1 aliphatic heterocycles. The molecule has 2 heterocycles. The van der Waals surface area contributed by atoms with Crippen LogP contribution in [0, 0.1) is 5.92 Å². The zero-order valence-electron chi connectivity index (χ0n) is 12.6. The van der Waals surface area contributed by atoms with Crippen molar-refractivity contribution in [2.24, 2.45) is 5.92 Å². The first kappa shape index (κ1) is 15.1. The lowest BCUT2D eigenvalue weighted by Gasteiger charge is -2.16. The molecule has 0 amide bonds. The zero-order chi connectivity index (χ0) is 15.7. The van der Waals surface area contributed by atoms with Gasteiger partial charge in [-0.15, -0.1) is 0 Å². The lowest BCUT2D eigenvalue weighted by Crippen LogP contribution is -2.26. The Balaban J connectivity index is 2.09. The molecule has 116 valence electrons. The van der Waals surface area contributed by atoms with Crippen molar-refractivity contribution in [1.82, 2.24) is 9.55 Å². The Labute approximate surface area is 132 Å². The van der Waals surface area contributed by atoms with Gasteiger partial charge in [0.25, 0.3) is 5.56 Å². The number of carbonyl (C=O) groups is 1. The van der Waals surface area contributed by atoms with Crippen molar-refractivity contribution in [2.45, 2.75) is 37.2 Å². The van der Waals surface area contributed by atoms with Gasteiger partial charge in [-0.1, -0.05) is 37.7 Å². The molecule has 6 heteroatoms. The number of carbonyl (C=O) groups excluding carboxylic acids is 1. The Hall–Kier alpha value is -1.82. The molecule has 1 atom stereocenters. The van der Waals surface area contributed by atoms with Crippen LogP contribution in [-0.2, 0) is 16.1 Å². The number of nitrogens with zero attached hydrogens (tertiary/aromatic N) is 2. The topological polar surface area (TPSA) is 61.2 Å². The summed E-state index contributed by atoms with van der Waals surface area (Å²) in [6.45, 7) is 5.14. The van der Waals surface area contributed by atoms with Gasteiger partial charge in [0, 0.05) is 13.0 Å². The molecule has 3 rings (SSSR count). The first-order chi connectivity index (χ1) is 10.6. The Kier molecular flexibility index (Phi) is 4.20. The van der Waals surface area contributed by atoms with Gasteiger partial charge >= 0.3 is 5.97 Å². The maximum atomic E-state index is 12.7. The Morgan fingerprint density at radius 1 is 1.36 bits per heavy atom. The van der Waals surface area contributed by atoms with Crippen LogP contribution in [0.1, 0.15) is 20.3 Å². The van der Waals surface area contributed by atoms with Gasteiger partial charge in [0.1, 0.15) is 5.25 Å². The van der Waals surface area contributed by atoms with Crippen molar-refractivity contribution in [2.75, 3.05) is 6.61 Å². The molecule has 0 saturated carbocycles. The third-order valence-corrected chi connectivity index (χ3v) is 4.74. The summed E-state index contributed by atoms with van der Waals surface area (Å²) in [5.74, 6) is 0.0963. The van der Waals surface area contributed by atoms with E-state index in [2.05, 4.69) is 18.8 Å². The largest absolute Gasteiger partial charge is 0.465 e. The first-order valence-corrected chi connectivity index (χ1v) is 8.27. The van der Waals surface area contributed by atoms with Crippen LogP contribution in [0.2, 0.25) is 0 Å². The van der Waals surface area contributed by atoms with E-state index in [1.807, 2.05) is 18.2 Å². The predicted molar refractivity (Wildman–Crippen MR) is 86.1 cm³/mol. The Morgan fingerprint density at radius 3 is 2.82 bits per heavy atom. The average Bonchev–Trinajstić information content (AvgIpc) is 2.88. The van der Waals surface area contributed by atoms with E-state index < -0.39 is 0 Å². The van der Waals surface area contributed by atoms with E-state index in [1.165, 1.54) is 11.8 Å². The molecule has 1 saturated heterocycles. The molecule has 2 aromatic rings. The maximum absolute atomic E-state index is 12.7. The highest BCUT2D eigenvalue weighted by atomic mass is 32.2. The number of aromatic nitrogens is 2. The molecule has 5 nitrogen and oxygen atoms in total. The monoisotopic (exact) mass is 318 g/mol. The molecule has 0 N–H and O–H groups in total. The summed E-state index contributed by atoms with van der Waals surface area (Å²) in [5, 5.41) is 0.939.